The Morgan fingerprint density at radius 2 is 2.29 bits per heavy atom. The highest BCUT2D eigenvalue weighted by atomic mass is 16.5. The standard InChI is InChI=1S/C11H11O3/c1-2-4-11(13)14-10-6-3-5-9(7-10)8-12/h3,5-7H,2,4H2,1H3. The molecule has 0 saturated heterocycles. The van der Waals surface area contributed by atoms with Gasteiger partial charge in [0.15, 0.2) is 0 Å². The zero-order valence-corrected chi connectivity index (χ0v) is 7.95. The van der Waals surface area contributed by atoms with Crippen molar-refractivity contribution < 1.29 is 14.3 Å². The van der Waals surface area contributed by atoms with E-state index in [0.29, 0.717) is 17.7 Å². The molecular formula is C11H11O3. The lowest BCUT2D eigenvalue weighted by Gasteiger charge is -2.02. The molecule has 0 bridgehead atoms. The number of hydrogen-bond donors (Lipinski definition) is 0. The highest BCUT2D eigenvalue weighted by Gasteiger charge is 2.03. The van der Waals surface area contributed by atoms with Crippen LogP contribution in [0.2, 0.25) is 0 Å². The van der Waals surface area contributed by atoms with Crippen molar-refractivity contribution in [1.82, 2.24) is 0 Å². The van der Waals surface area contributed by atoms with Crippen LogP contribution in [0.5, 0.6) is 5.75 Å². The van der Waals surface area contributed by atoms with E-state index in [1.165, 1.54) is 6.07 Å². The Morgan fingerprint density at radius 1 is 1.50 bits per heavy atom. The van der Waals surface area contributed by atoms with Gasteiger partial charge in [0, 0.05) is 12.0 Å². The second-order valence-electron chi connectivity index (χ2n) is 2.85. The van der Waals surface area contributed by atoms with Crippen LogP contribution in [0.1, 0.15) is 25.3 Å². The summed E-state index contributed by atoms with van der Waals surface area (Å²) >= 11 is 0. The summed E-state index contributed by atoms with van der Waals surface area (Å²) in [6, 6.07) is 6.37. The molecule has 0 heterocycles. The largest absolute Gasteiger partial charge is 0.427 e. The summed E-state index contributed by atoms with van der Waals surface area (Å²) in [5.41, 5.74) is 0.381. The van der Waals surface area contributed by atoms with Crippen LogP contribution in [-0.2, 0) is 9.59 Å². The van der Waals surface area contributed by atoms with E-state index < -0.39 is 0 Å². The van der Waals surface area contributed by atoms with Gasteiger partial charge >= 0.3 is 5.97 Å². The maximum absolute atomic E-state index is 11.1. The van der Waals surface area contributed by atoms with Gasteiger partial charge in [-0.25, -0.2) is 0 Å². The van der Waals surface area contributed by atoms with Gasteiger partial charge in [0.2, 0.25) is 6.29 Å². The molecule has 1 aromatic rings. The predicted octanol–water partition coefficient (Wildman–Crippen LogP) is 1.85. The lowest BCUT2D eigenvalue weighted by molar-refractivity contribution is -0.134. The Balaban J connectivity index is 2.66. The molecule has 1 aromatic carbocycles. The SMILES string of the molecule is CCCC(=O)Oc1cccc([C]=O)c1. The van der Waals surface area contributed by atoms with Crippen molar-refractivity contribution in [3.8, 4) is 5.75 Å². The van der Waals surface area contributed by atoms with Crippen molar-refractivity contribution in [3.05, 3.63) is 29.8 Å². The van der Waals surface area contributed by atoms with Gasteiger partial charge in [-0.2, -0.15) is 0 Å². The van der Waals surface area contributed by atoms with Gasteiger partial charge in [0.05, 0.1) is 0 Å². The van der Waals surface area contributed by atoms with Crippen LogP contribution in [-0.4, -0.2) is 12.3 Å². The van der Waals surface area contributed by atoms with E-state index >= 15 is 0 Å². The predicted molar refractivity (Wildman–Crippen MR) is 51.8 cm³/mol. The van der Waals surface area contributed by atoms with Crippen LogP contribution in [0.15, 0.2) is 24.3 Å². The first-order chi connectivity index (χ1) is 6.76. The second kappa shape index (κ2) is 5.17. The van der Waals surface area contributed by atoms with Crippen molar-refractivity contribution in [3.63, 3.8) is 0 Å². The third-order valence-corrected chi connectivity index (χ3v) is 1.64. The van der Waals surface area contributed by atoms with Crippen molar-refractivity contribution in [2.75, 3.05) is 0 Å². The van der Waals surface area contributed by atoms with Gasteiger partial charge in [0.25, 0.3) is 0 Å². The van der Waals surface area contributed by atoms with Crippen LogP contribution in [0.4, 0.5) is 0 Å². The first-order valence-electron chi connectivity index (χ1n) is 4.45. The zero-order chi connectivity index (χ0) is 10.4. The second-order valence-corrected chi connectivity index (χ2v) is 2.85. The van der Waals surface area contributed by atoms with Crippen LogP contribution >= 0.6 is 0 Å². The lowest BCUT2D eigenvalue weighted by Crippen LogP contribution is -2.06. The van der Waals surface area contributed by atoms with Crippen molar-refractivity contribution >= 4 is 12.3 Å². The van der Waals surface area contributed by atoms with E-state index in [1.54, 1.807) is 24.5 Å². The third-order valence-electron chi connectivity index (χ3n) is 1.64. The van der Waals surface area contributed by atoms with Crippen LogP contribution in [0.25, 0.3) is 0 Å². The number of benzene rings is 1. The number of esters is 1. The number of rotatable bonds is 4. The van der Waals surface area contributed by atoms with Crippen molar-refractivity contribution in [2.45, 2.75) is 19.8 Å². The summed E-state index contributed by atoms with van der Waals surface area (Å²) in [7, 11) is 0. The summed E-state index contributed by atoms with van der Waals surface area (Å²) in [6.45, 7) is 1.90. The van der Waals surface area contributed by atoms with Gasteiger partial charge in [-0.1, -0.05) is 19.1 Å². The molecule has 1 rings (SSSR count). The Bertz CT molecular complexity index is 331. The molecule has 0 spiro atoms. The van der Waals surface area contributed by atoms with E-state index in [2.05, 4.69) is 0 Å². The first-order valence-corrected chi connectivity index (χ1v) is 4.45. The Morgan fingerprint density at radius 3 is 2.93 bits per heavy atom. The number of carbonyl (C=O) groups is 1. The first kappa shape index (κ1) is 10.4. The fourth-order valence-electron chi connectivity index (χ4n) is 1.01. The molecular weight excluding hydrogens is 180 g/mol. The molecule has 0 aliphatic heterocycles. The van der Waals surface area contributed by atoms with Gasteiger partial charge in [0.1, 0.15) is 5.75 Å². The van der Waals surface area contributed by atoms with Crippen molar-refractivity contribution in [1.29, 1.82) is 0 Å². The third kappa shape index (κ3) is 3.01. The molecule has 0 aliphatic carbocycles. The normalized spacial score (nSPS) is 9.50. The van der Waals surface area contributed by atoms with Gasteiger partial charge in [-0.05, 0) is 18.6 Å². The fraction of sp³-hybridized carbons (Fsp3) is 0.273. The fourth-order valence-corrected chi connectivity index (χ4v) is 1.01. The molecule has 14 heavy (non-hydrogen) atoms. The zero-order valence-electron chi connectivity index (χ0n) is 7.95. The molecule has 0 aromatic heterocycles. The summed E-state index contributed by atoms with van der Waals surface area (Å²) < 4.78 is 4.98. The van der Waals surface area contributed by atoms with E-state index in [9.17, 15) is 9.59 Å². The lowest BCUT2D eigenvalue weighted by atomic mass is 10.2. The Labute approximate surface area is 82.7 Å². The molecule has 0 fully saturated rings. The van der Waals surface area contributed by atoms with Crippen LogP contribution in [0, 0.1) is 0 Å². The van der Waals surface area contributed by atoms with E-state index in [1.807, 2.05) is 6.92 Å². The molecule has 73 valence electrons. The molecule has 0 aliphatic rings. The number of ether oxygens (including phenoxy) is 1. The molecule has 1 radical (unpaired) electrons. The number of carbonyl (C=O) groups excluding carboxylic acids is 2. The molecule has 0 unspecified atom stereocenters. The highest BCUT2D eigenvalue weighted by Crippen LogP contribution is 2.12. The maximum Gasteiger partial charge on any atom is 0.311 e. The van der Waals surface area contributed by atoms with Crippen LogP contribution < -0.4 is 4.74 Å². The van der Waals surface area contributed by atoms with Crippen LogP contribution in [0.3, 0.4) is 0 Å². The molecule has 0 saturated carbocycles. The molecule has 0 atom stereocenters. The molecule has 0 N–H and O–H groups in total. The number of hydrogen-bond acceptors (Lipinski definition) is 3. The smallest absolute Gasteiger partial charge is 0.311 e. The minimum Gasteiger partial charge on any atom is -0.427 e. The summed E-state index contributed by atoms with van der Waals surface area (Å²) in [5.74, 6) is 0.111. The average Bonchev–Trinajstić information content (AvgIpc) is 2.18. The molecule has 0 amide bonds. The van der Waals surface area contributed by atoms with E-state index in [4.69, 9.17) is 4.74 Å². The monoisotopic (exact) mass is 191 g/mol. The molecule has 3 heteroatoms. The van der Waals surface area contributed by atoms with Gasteiger partial charge in [-0.15, -0.1) is 0 Å². The quantitative estimate of drug-likeness (QED) is 0.538. The Hall–Kier alpha value is -1.64. The maximum atomic E-state index is 11.1. The molecule has 3 nitrogen and oxygen atoms in total. The summed E-state index contributed by atoms with van der Waals surface area (Å²) in [4.78, 5) is 21.4. The highest BCUT2D eigenvalue weighted by molar-refractivity contribution is 5.77. The van der Waals surface area contributed by atoms with Gasteiger partial charge in [-0.3, -0.25) is 9.59 Å². The average molecular weight is 191 g/mol. The minimum atomic E-state index is -0.282. The van der Waals surface area contributed by atoms with Crippen molar-refractivity contribution in [2.24, 2.45) is 0 Å². The Kier molecular flexibility index (Phi) is 3.85. The topological polar surface area (TPSA) is 43.4 Å². The van der Waals surface area contributed by atoms with Gasteiger partial charge < -0.3 is 4.74 Å². The summed E-state index contributed by atoms with van der Waals surface area (Å²) in [5, 5.41) is 0. The summed E-state index contributed by atoms with van der Waals surface area (Å²) in [6.07, 6.45) is 2.86. The minimum absolute atomic E-state index is 0.282. The van der Waals surface area contributed by atoms with E-state index in [0.717, 1.165) is 6.42 Å². The van der Waals surface area contributed by atoms with E-state index in [-0.39, 0.29) is 5.97 Å².